The van der Waals surface area contributed by atoms with Gasteiger partial charge in [-0.25, -0.2) is 17.5 Å². The number of nitrogens with zero attached hydrogens (tertiary/aromatic N) is 1. The Morgan fingerprint density at radius 3 is 2.48 bits per heavy atom. The van der Waals surface area contributed by atoms with Gasteiger partial charge in [0.15, 0.2) is 6.10 Å². The van der Waals surface area contributed by atoms with Gasteiger partial charge in [-0.3, -0.25) is 4.79 Å². The first kappa shape index (κ1) is 18.7. The fourth-order valence-electron chi connectivity index (χ4n) is 1.83. The third-order valence-corrected chi connectivity index (χ3v) is 4.70. The Balaban J connectivity index is 2.10. The highest BCUT2D eigenvalue weighted by Crippen LogP contribution is 2.19. The largest absolute Gasteiger partial charge is 0.481 e. The van der Waals surface area contributed by atoms with Crippen LogP contribution in [0, 0.1) is 17.1 Å². The highest BCUT2D eigenvalue weighted by atomic mass is 35.5. The number of halogens is 2. The lowest BCUT2D eigenvalue weighted by molar-refractivity contribution is -0.125. The molecular formula is C16H12ClFN2O4S. The molecule has 0 bridgehead atoms. The van der Waals surface area contributed by atoms with Gasteiger partial charge in [0.1, 0.15) is 16.5 Å². The highest BCUT2D eigenvalue weighted by molar-refractivity contribution is 7.90. The Morgan fingerprint density at radius 2 is 1.92 bits per heavy atom. The number of nitriles is 1. The molecule has 0 unspecified atom stereocenters. The molecular weight excluding hydrogens is 371 g/mol. The first-order valence-electron chi connectivity index (χ1n) is 6.91. The summed E-state index contributed by atoms with van der Waals surface area (Å²) in [6.07, 6.45) is -1.17. The van der Waals surface area contributed by atoms with Crippen molar-refractivity contribution in [3.05, 3.63) is 58.9 Å². The molecule has 0 aromatic heterocycles. The van der Waals surface area contributed by atoms with Crippen molar-refractivity contribution >= 4 is 27.5 Å². The van der Waals surface area contributed by atoms with Crippen LogP contribution >= 0.6 is 11.6 Å². The summed E-state index contributed by atoms with van der Waals surface area (Å²) < 4.78 is 45.0. The lowest BCUT2D eigenvalue weighted by Gasteiger charge is -2.15. The summed E-state index contributed by atoms with van der Waals surface area (Å²) in [5.41, 5.74) is 0.408. The van der Waals surface area contributed by atoms with E-state index < -0.39 is 32.7 Å². The fourth-order valence-corrected chi connectivity index (χ4v) is 3.09. The van der Waals surface area contributed by atoms with E-state index in [1.54, 1.807) is 4.72 Å². The van der Waals surface area contributed by atoms with Gasteiger partial charge in [-0.15, -0.1) is 0 Å². The molecule has 0 aliphatic carbocycles. The van der Waals surface area contributed by atoms with Crippen molar-refractivity contribution in [1.82, 2.24) is 4.72 Å². The van der Waals surface area contributed by atoms with Gasteiger partial charge >= 0.3 is 0 Å². The lowest BCUT2D eigenvalue weighted by Crippen LogP contribution is -2.40. The molecule has 130 valence electrons. The predicted octanol–water partition coefficient (Wildman–Crippen LogP) is 2.62. The fraction of sp³-hybridized carbons (Fsp3) is 0.125. The topological polar surface area (TPSA) is 96.3 Å². The quantitative estimate of drug-likeness (QED) is 0.857. The van der Waals surface area contributed by atoms with Crippen molar-refractivity contribution in [3.8, 4) is 11.8 Å². The Labute approximate surface area is 148 Å². The first-order chi connectivity index (χ1) is 11.7. The molecule has 0 heterocycles. The summed E-state index contributed by atoms with van der Waals surface area (Å²) in [5.74, 6) is -1.77. The summed E-state index contributed by atoms with van der Waals surface area (Å²) in [4.78, 5) is 11.3. The molecule has 0 saturated heterocycles. The maximum atomic E-state index is 13.7. The van der Waals surface area contributed by atoms with Crippen LogP contribution in [0.25, 0.3) is 0 Å². The van der Waals surface area contributed by atoms with Crippen molar-refractivity contribution in [1.29, 1.82) is 5.26 Å². The number of ether oxygens (including phenoxy) is 1. The normalized spacial score (nSPS) is 12.1. The first-order valence-corrected chi connectivity index (χ1v) is 8.77. The summed E-state index contributed by atoms with van der Waals surface area (Å²) in [5, 5.41) is 8.74. The van der Waals surface area contributed by atoms with Crippen LogP contribution in [-0.2, 0) is 14.8 Å². The van der Waals surface area contributed by atoms with E-state index in [9.17, 15) is 17.6 Å². The average molecular weight is 383 g/mol. The molecule has 0 aliphatic heterocycles. The zero-order valence-electron chi connectivity index (χ0n) is 12.9. The molecule has 1 N–H and O–H groups in total. The van der Waals surface area contributed by atoms with E-state index in [0.29, 0.717) is 5.56 Å². The molecule has 0 fully saturated rings. The predicted molar refractivity (Wildman–Crippen MR) is 88.0 cm³/mol. The van der Waals surface area contributed by atoms with E-state index in [1.165, 1.54) is 37.3 Å². The molecule has 6 nitrogen and oxygen atoms in total. The number of hydrogen-bond acceptors (Lipinski definition) is 5. The third-order valence-electron chi connectivity index (χ3n) is 3.08. The van der Waals surface area contributed by atoms with E-state index in [-0.39, 0.29) is 10.8 Å². The molecule has 9 heteroatoms. The van der Waals surface area contributed by atoms with Gasteiger partial charge in [-0.1, -0.05) is 11.6 Å². The molecule has 1 atom stereocenters. The zero-order valence-corrected chi connectivity index (χ0v) is 14.4. The second-order valence-electron chi connectivity index (χ2n) is 4.94. The van der Waals surface area contributed by atoms with Gasteiger partial charge in [-0.2, -0.15) is 5.26 Å². The molecule has 2 aromatic rings. The van der Waals surface area contributed by atoms with Crippen molar-refractivity contribution in [3.63, 3.8) is 0 Å². The number of amides is 1. The van der Waals surface area contributed by atoms with Crippen molar-refractivity contribution in [2.45, 2.75) is 17.9 Å². The number of rotatable bonds is 5. The summed E-state index contributed by atoms with van der Waals surface area (Å²) in [6.45, 7) is 1.33. The van der Waals surface area contributed by atoms with Crippen LogP contribution in [0.3, 0.4) is 0 Å². The van der Waals surface area contributed by atoms with Crippen LogP contribution in [0.5, 0.6) is 5.75 Å². The third kappa shape index (κ3) is 4.68. The molecule has 2 rings (SSSR count). The van der Waals surface area contributed by atoms with Gasteiger partial charge in [0.25, 0.3) is 15.9 Å². The van der Waals surface area contributed by atoms with Crippen LogP contribution in [0.4, 0.5) is 4.39 Å². The van der Waals surface area contributed by atoms with Crippen molar-refractivity contribution in [2.75, 3.05) is 0 Å². The number of hydrogen-bond donors (Lipinski definition) is 1. The van der Waals surface area contributed by atoms with Gasteiger partial charge in [0, 0.05) is 5.02 Å². The molecule has 0 aliphatic rings. The van der Waals surface area contributed by atoms with E-state index in [4.69, 9.17) is 21.6 Å². The number of carbonyl (C=O) groups excluding carboxylic acids is 1. The van der Waals surface area contributed by atoms with E-state index in [0.717, 1.165) is 12.1 Å². The summed E-state index contributed by atoms with van der Waals surface area (Å²) >= 11 is 5.57. The molecule has 0 radical (unpaired) electrons. The van der Waals surface area contributed by atoms with E-state index in [2.05, 4.69) is 0 Å². The van der Waals surface area contributed by atoms with Crippen LogP contribution < -0.4 is 9.46 Å². The number of benzene rings is 2. The maximum absolute atomic E-state index is 13.7. The Bertz CT molecular complexity index is 940. The van der Waals surface area contributed by atoms with Gasteiger partial charge in [0.05, 0.1) is 11.6 Å². The zero-order chi connectivity index (χ0) is 18.6. The average Bonchev–Trinajstić information content (AvgIpc) is 2.54. The summed E-state index contributed by atoms with van der Waals surface area (Å²) in [6, 6.07) is 10.8. The van der Waals surface area contributed by atoms with Gasteiger partial charge in [-0.05, 0) is 49.4 Å². The van der Waals surface area contributed by atoms with Crippen LogP contribution in [0.1, 0.15) is 12.5 Å². The maximum Gasteiger partial charge on any atom is 0.274 e. The second kappa shape index (κ2) is 7.51. The van der Waals surface area contributed by atoms with Crippen LogP contribution in [0.2, 0.25) is 5.02 Å². The number of nitrogens with one attached hydrogen (secondary N) is 1. The summed E-state index contributed by atoms with van der Waals surface area (Å²) in [7, 11) is -4.41. The molecule has 0 saturated carbocycles. The van der Waals surface area contributed by atoms with Crippen molar-refractivity contribution < 1.29 is 22.3 Å². The monoisotopic (exact) mass is 382 g/mol. The molecule has 1 amide bonds. The number of carbonyl (C=O) groups is 1. The minimum Gasteiger partial charge on any atom is -0.481 e. The number of sulfonamides is 1. The smallest absolute Gasteiger partial charge is 0.274 e. The van der Waals surface area contributed by atoms with E-state index >= 15 is 0 Å². The standard InChI is InChI=1S/C16H12ClFN2O4S/c1-10(24-13-5-2-11(9-19)3-6-13)16(21)20-25(22,23)15-7-4-12(17)8-14(15)18/h2-8,10H,1H3,(H,20,21)/t10-/m1/s1. The Kier molecular flexibility index (Phi) is 5.62. The SMILES string of the molecule is C[C@@H](Oc1ccc(C#N)cc1)C(=O)NS(=O)(=O)c1ccc(Cl)cc1F. The highest BCUT2D eigenvalue weighted by Gasteiger charge is 2.25. The molecule has 0 spiro atoms. The van der Waals surface area contributed by atoms with Gasteiger partial charge < -0.3 is 4.74 Å². The van der Waals surface area contributed by atoms with E-state index in [1.807, 2.05) is 6.07 Å². The molecule has 25 heavy (non-hydrogen) atoms. The minimum absolute atomic E-state index is 0.0280. The Morgan fingerprint density at radius 1 is 1.28 bits per heavy atom. The van der Waals surface area contributed by atoms with Crippen LogP contribution in [-0.4, -0.2) is 20.4 Å². The van der Waals surface area contributed by atoms with Crippen LogP contribution in [0.15, 0.2) is 47.4 Å². The Hall–Kier alpha value is -2.63. The van der Waals surface area contributed by atoms with Crippen molar-refractivity contribution in [2.24, 2.45) is 0 Å². The minimum atomic E-state index is -4.41. The van der Waals surface area contributed by atoms with Gasteiger partial charge in [0.2, 0.25) is 0 Å². The lowest BCUT2D eigenvalue weighted by atomic mass is 10.2. The molecule has 2 aromatic carbocycles. The second-order valence-corrected chi connectivity index (χ2v) is 7.03.